The lowest BCUT2D eigenvalue weighted by Gasteiger charge is -2.34. The number of sulfonamides is 1. The molecule has 0 saturated heterocycles. The molecule has 0 aliphatic rings. The van der Waals surface area contributed by atoms with Gasteiger partial charge >= 0.3 is 0 Å². The number of amides is 2. The lowest BCUT2D eigenvalue weighted by molar-refractivity contribution is -0.140. The first-order valence-electron chi connectivity index (χ1n) is 14.4. The highest BCUT2D eigenvalue weighted by molar-refractivity contribution is 7.92. The first kappa shape index (κ1) is 34.0. The molecule has 0 aromatic heterocycles. The second-order valence-corrected chi connectivity index (χ2v) is 13.3. The SMILES string of the molecule is CCC(C)NC(=O)C(Cc1ccccc1)N(Cc1ccccc1F)C(=O)CN(c1cc(Cl)cc(Cl)c1)S(=O)(=O)c1ccccc1. The summed E-state index contributed by atoms with van der Waals surface area (Å²) in [5.41, 5.74) is 0.992. The molecule has 0 aliphatic heterocycles. The van der Waals surface area contributed by atoms with E-state index in [0.29, 0.717) is 6.42 Å². The quantitative estimate of drug-likeness (QED) is 0.168. The number of hydrogen-bond acceptors (Lipinski definition) is 4. The highest BCUT2D eigenvalue weighted by atomic mass is 35.5. The minimum absolute atomic E-state index is 0.0548. The second kappa shape index (κ2) is 15.4. The molecule has 11 heteroatoms. The molecule has 2 amide bonds. The van der Waals surface area contributed by atoms with Gasteiger partial charge in [-0.25, -0.2) is 12.8 Å². The number of nitrogens with one attached hydrogen (secondary N) is 1. The van der Waals surface area contributed by atoms with Crippen LogP contribution in [-0.4, -0.2) is 43.8 Å². The molecular formula is C34H34Cl2FN3O4S. The number of carbonyl (C=O) groups excluding carboxylic acids is 2. The predicted molar refractivity (Wildman–Crippen MR) is 176 cm³/mol. The fourth-order valence-electron chi connectivity index (χ4n) is 4.74. The van der Waals surface area contributed by atoms with Gasteiger partial charge in [0.25, 0.3) is 10.0 Å². The molecule has 0 radical (unpaired) electrons. The zero-order valence-corrected chi connectivity index (χ0v) is 27.2. The van der Waals surface area contributed by atoms with Crippen LogP contribution < -0.4 is 9.62 Å². The zero-order valence-electron chi connectivity index (χ0n) is 24.9. The molecule has 0 fully saturated rings. The molecule has 4 aromatic rings. The van der Waals surface area contributed by atoms with Crippen molar-refractivity contribution in [3.63, 3.8) is 0 Å². The maximum atomic E-state index is 15.0. The molecule has 0 bridgehead atoms. The molecule has 0 heterocycles. The lowest BCUT2D eigenvalue weighted by atomic mass is 10.0. The van der Waals surface area contributed by atoms with Crippen LogP contribution in [0.3, 0.4) is 0 Å². The van der Waals surface area contributed by atoms with Gasteiger partial charge < -0.3 is 10.2 Å². The Balaban J connectivity index is 1.83. The summed E-state index contributed by atoms with van der Waals surface area (Å²) in [6.45, 7) is 2.76. The Hall–Kier alpha value is -3.92. The molecule has 4 aromatic carbocycles. The van der Waals surface area contributed by atoms with E-state index in [1.54, 1.807) is 24.3 Å². The Kier molecular flexibility index (Phi) is 11.6. The van der Waals surface area contributed by atoms with Gasteiger partial charge in [0, 0.05) is 34.6 Å². The second-order valence-electron chi connectivity index (χ2n) is 10.6. The first-order chi connectivity index (χ1) is 21.5. The van der Waals surface area contributed by atoms with E-state index in [0.717, 1.165) is 9.87 Å². The minimum Gasteiger partial charge on any atom is -0.352 e. The van der Waals surface area contributed by atoms with Crippen LogP contribution in [0.15, 0.2) is 108 Å². The summed E-state index contributed by atoms with van der Waals surface area (Å²) in [6.07, 6.45) is 0.751. The third-order valence-electron chi connectivity index (χ3n) is 7.32. The van der Waals surface area contributed by atoms with Gasteiger partial charge in [-0.3, -0.25) is 13.9 Å². The number of halogens is 3. The molecule has 0 saturated carbocycles. The van der Waals surface area contributed by atoms with E-state index in [1.807, 2.05) is 44.2 Å². The fraction of sp³-hybridized carbons (Fsp3) is 0.235. The first-order valence-corrected chi connectivity index (χ1v) is 16.6. The number of hydrogen-bond donors (Lipinski definition) is 1. The van der Waals surface area contributed by atoms with Gasteiger partial charge in [-0.2, -0.15) is 0 Å². The van der Waals surface area contributed by atoms with E-state index in [2.05, 4.69) is 5.32 Å². The third kappa shape index (κ3) is 8.84. The lowest BCUT2D eigenvalue weighted by Crippen LogP contribution is -2.54. The largest absolute Gasteiger partial charge is 0.352 e. The van der Waals surface area contributed by atoms with Crippen LogP contribution >= 0.6 is 23.2 Å². The van der Waals surface area contributed by atoms with Crippen LogP contribution in [0.5, 0.6) is 0 Å². The Bertz CT molecular complexity index is 1710. The van der Waals surface area contributed by atoms with Gasteiger partial charge in [-0.05, 0) is 55.3 Å². The van der Waals surface area contributed by atoms with Gasteiger partial charge in [0.05, 0.1) is 10.6 Å². The number of anilines is 1. The Morgan fingerprint density at radius 3 is 2.04 bits per heavy atom. The van der Waals surface area contributed by atoms with E-state index in [4.69, 9.17) is 23.2 Å². The minimum atomic E-state index is -4.33. The van der Waals surface area contributed by atoms with E-state index >= 15 is 4.39 Å². The third-order valence-corrected chi connectivity index (χ3v) is 9.54. The van der Waals surface area contributed by atoms with E-state index in [9.17, 15) is 18.0 Å². The monoisotopic (exact) mass is 669 g/mol. The molecule has 0 spiro atoms. The average Bonchev–Trinajstić information content (AvgIpc) is 3.02. The summed E-state index contributed by atoms with van der Waals surface area (Å²) in [5.74, 6) is -1.73. The fourth-order valence-corrected chi connectivity index (χ4v) is 6.67. The molecule has 7 nitrogen and oxygen atoms in total. The van der Waals surface area contributed by atoms with Crippen LogP contribution in [0.25, 0.3) is 0 Å². The summed E-state index contributed by atoms with van der Waals surface area (Å²) in [7, 11) is -4.33. The summed E-state index contributed by atoms with van der Waals surface area (Å²) in [6, 6.07) is 25.6. The van der Waals surface area contributed by atoms with E-state index in [-0.39, 0.29) is 45.2 Å². The van der Waals surface area contributed by atoms with Gasteiger partial charge in [-0.1, -0.05) is 96.9 Å². The van der Waals surface area contributed by atoms with Crippen molar-refractivity contribution in [1.29, 1.82) is 0 Å². The highest BCUT2D eigenvalue weighted by Crippen LogP contribution is 2.30. The smallest absolute Gasteiger partial charge is 0.264 e. The summed E-state index contributed by atoms with van der Waals surface area (Å²) in [5, 5.41) is 3.27. The van der Waals surface area contributed by atoms with Crippen LogP contribution in [-0.2, 0) is 32.6 Å². The van der Waals surface area contributed by atoms with Crippen molar-refractivity contribution < 1.29 is 22.4 Å². The van der Waals surface area contributed by atoms with Crippen molar-refractivity contribution in [3.8, 4) is 0 Å². The van der Waals surface area contributed by atoms with E-state index in [1.165, 1.54) is 53.4 Å². The standard InChI is InChI=1S/C34H34Cl2FN3O4S/c1-3-24(2)38-34(42)32(18-25-12-6-4-7-13-25)39(22-26-14-10-11-17-31(26)37)33(41)23-40(29-20-27(35)19-28(36)21-29)45(43,44)30-15-8-5-9-16-30/h4-17,19-21,24,32H,3,18,22-23H2,1-2H3,(H,38,42). The number of nitrogens with zero attached hydrogens (tertiary/aromatic N) is 2. The van der Waals surface area contributed by atoms with Crippen LogP contribution in [0, 0.1) is 5.82 Å². The van der Waals surface area contributed by atoms with Crippen molar-refractivity contribution in [2.45, 2.75) is 50.2 Å². The highest BCUT2D eigenvalue weighted by Gasteiger charge is 2.35. The molecule has 2 unspecified atom stereocenters. The van der Waals surface area contributed by atoms with Crippen molar-refractivity contribution >= 4 is 50.7 Å². The van der Waals surface area contributed by atoms with Crippen molar-refractivity contribution in [2.24, 2.45) is 0 Å². The maximum absolute atomic E-state index is 15.0. The molecule has 2 atom stereocenters. The van der Waals surface area contributed by atoms with E-state index < -0.39 is 40.2 Å². The molecule has 236 valence electrons. The normalized spacial score (nSPS) is 12.6. The predicted octanol–water partition coefficient (Wildman–Crippen LogP) is 6.88. The zero-order chi connectivity index (χ0) is 32.6. The molecule has 0 aliphatic carbocycles. The van der Waals surface area contributed by atoms with Gasteiger partial charge in [0.15, 0.2) is 0 Å². The Morgan fingerprint density at radius 1 is 0.867 bits per heavy atom. The average molecular weight is 671 g/mol. The van der Waals surface area contributed by atoms with Crippen LogP contribution in [0.4, 0.5) is 10.1 Å². The molecule has 4 rings (SSSR count). The summed E-state index contributed by atoms with van der Waals surface area (Å²) in [4.78, 5) is 29.4. The Morgan fingerprint density at radius 2 is 1.44 bits per heavy atom. The number of rotatable bonds is 13. The molecule has 1 N–H and O–H groups in total. The maximum Gasteiger partial charge on any atom is 0.264 e. The summed E-state index contributed by atoms with van der Waals surface area (Å²) < 4.78 is 44.0. The topological polar surface area (TPSA) is 86.8 Å². The van der Waals surface area contributed by atoms with Crippen molar-refractivity contribution in [1.82, 2.24) is 10.2 Å². The number of benzene rings is 4. The van der Waals surface area contributed by atoms with Gasteiger partial charge in [0.2, 0.25) is 11.8 Å². The molecule has 45 heavy (non-hydrogen) atoms. The Labute approximate surface area is 273 Å². The van der Waals surface area contributed by atoms with Gasteiger partial charge in [0.1, 0.15) is 18.4 Å². The van der Waals surface area contributed by atoms with Gasteiger partial charge in [-0.15, -0.1) is 0 Å². The van der Waals surface area contributed by atoms with Crippen LogP contribution in [0.1, 0.15) is 31.4 Å². The summed E-state index contributed by atoms with van der Waals surface area (Å²) >= 11 is 12.5. The van der Waals surface area contributed by atoms with Crippen molar-refractivity contribution in [3.05, 3.63) is 130 Å². The number of carbonyl (C=O) groups is 2. The molecular weight excluding hydrogens is 636 g/mol. The van der Waals surface area contributed by atoms with Crippen LogP contribution in [0.2, 0.25) is 10.0 Å². The van der Waals surface area contributed by atoms with Crippen molar-refractivity contribution in [2.75, 3.05) is 10.8 Å².